The maximum atomic E-state index is 13.0. The summed E-state index contributed by atoms with van der Waals surface area (Å²) in [6.45, 7) is 0. The molecule has 0 heterocycles. The number of nitro groups is 1. The van der Waals surface area contributed by atoms with Gasteiger partial charge in [0, 0.05) is 12.1 Å². The van der Waals surface area contributed by atoms with Crippen molar-refractivity contribution in [1.82, 2.24) is 0 Å². The van der Waals surface area contributed by atoms with Crippen LogP contribution in [0, 0.1) is 10.1 Å². The van der Waals surface area contributed by atoms with E-state index in [0.29, 0.717) is 12.1 Å². The maximum absolute atomic E-state index is 13.0. The van der Waals surface area contributed by atoms with E-state index in [2.05, 4.69) is 0 Å². The quantitative estimate of drug-likeness (QED) is 0.233. The minimum Gasteiger partial charge on any atom is -0.481 e. The Kier molecular flexibility index (Phi) is 7.63. The lowest BCUT2D eigenvalue weighted by Crippen LogP contribution is -2.31. The average Bonchev–Trinajstić information content (AvgIpc) is 2.72. The van der Waals surface area contributed by atoms with Gasteiger partial charge in [-0.3, -0.25) is 14.8 Å². The van der Waals surface area contributed by atoms with Crippen LogP contribution in [0.2, 0.25) is 10.0 Å². The first-order valence-electron chi connectivity index (χ1n) is 8.92. The van der Waals surface area contributed by atoms with Crippen LogP contribution in [0.3, 0.4) is 0 Å². The number of alkyl halides is 4. The van der Waals surface area contributed by atoms with E-state index in [-0.39, 0.29) is 26.5 Å². The number of hydrogen-bond acceptors (Lipinski definition) is 5. The first kappa shape index (κ1) is 26.4. The molecule has 1 N–H and O–H groups in total. The van der Waals surface area contributed by atoms with Crippen molar-refractivity contribution < 1.29 is 31.2 Å². The van der Waals surface area contributed by atoms with Crippen LogP contribution < -0.4 is 9.46 Å². The minimum absolute atomic E-state index is 0.00282. The Balaban J connectivity index is 1.84. The normalized spacial score (nSPS) is 18.7. The highest BCUT2D eigenvalue weighted by molar-refractivity contribution is 7.96. The second-order valence-corrected chi connectivity index (χ2v) is 10.2. The van der Waals surface area contributed by atoms with Gasteiger partial charge in [-0.15, -0.1) is 11.6 Å². The van der Waals surface area contributed by atoms with Crippen molar-refractivity contribution in [3.05, 3.63) is 84.2 Å². The predicted molar refractivity (Wildman–Crippen MR) is 123 cm³/mol. The smallest absolute Gasteiger partial charge is 0.416 e. The summed E-state index contributed by atoms with van der Waals surface area (Å²) in [5.74, 6) is 0.00282. The predicted octanol–water partition coefficient (Wildman–Crippen LogP) is 6.74. The summed E-state index contributed by atoms with van der Waals surface area (Å²) in [5, 5.41) is 9.12. The molecule has 0 saturated heterocycles. The lowest BCUT2D eigenvalue weighted by Gasteiger charge is -2.26. The monoisotopic (exact) mass is 576 g/mol. The molecule has 2 atom stereocenters. The van der Waals surface area contributed by atoms with Crippen LogP contribution in [-0.4, -0.2) is 24.8 Å². The van der Waals surface area contributed by atoms with Crippen LogP contribution in [0.25, 0.3) is 0 Å². The maximum Gasteiger partial charge on any atom is 0.416 e. The van der Waals surface area contributed by atoms with Gasteiger partial charge in [-0.25, -0.2) is 8.42 Å². The zero-order valence-electron chi connectivity index (χ0n) is 16.3. The van der Waals surface area contributed by atoms with Gasteiger partial charge in [0.05, 0.1) is 41.5 Å². The van der Waals surface area contributed by atoms with Gasteiger partial charge in [0.1, 0.15) is 5.75 Å². The number of nitrogens with one attached hydrogen (secondary N) is 1. The molecule has 0 radical (unpaired) electrons. The summed E-state index contributed by atoms with van der Waals surface area (Å²) < 4.78 is 72.0. The third kappa shape index (κ3) is 5.89. The number of anilines is 1. The molecule has 0 bridgehead atoms. The number of nitro benzene ring substituents is 1. The van der Waals surface area contributed by atoms with Crippen LogP contribution in [0.1, 0.15) is 5.56 Å². The highest BCUT2D eigenvalue weighted by Crippen LogP contribution is 2.37. The molecule has 0 spiro atoms. The van der Waals surface area contributed by atoms with E-state index in [1.54, 1.807) is 0 Å². The summed E-state index contributed by atoms with van der Waals surface area (Å²) in [5.41, 5.74) is -1.88. The fourth-order valence-corrected chi connectivity index (χ4v) is 5.22. The van der Waals surface area contributed by atoms with E-state index < -0.39 is 48.8 Å². The fraction of sp³-hybridized carbons (Fsp3) is 0.158. The van der Waals surface area contributed by atoms with Gasteiger partial charge in [0.25, 0.3) is 15.7 Å². The molecule has 2 aromatic rings. The van der Waals surface area contributed by atoms with Crippen LogP contribution in [0.5, 0.6) is 5.75 Å². The van der Waals surface area contributed by atoms with Crippen molar-refractivity contribution in [2.24, 2.45) is 0 Å². The van der Waals surface area contributed by atoms with Gasteiger partial charge in [-0.05, 0) is 36.4 Å². The van der Waals surface area contributed by atoms with Crippen molar-refractivity contribution in [1.29, 1.82) is 0 Å². The molecule has 0 aromatic heterocycles. The summed E-state index contributed by atoms with van der Waals surface area (Å²) >= 11 is 24.3. The fourth-order valence-electron chi connectivity index (χ4n) is 2.77. The van der Waals surface area contributed by atoms with Gasteiger partial charge in [-0.2, -0.15) is 13.2 Å². The van der Waals surface area contributed by atoms with E-state index >= 15 is 0 Å². The van der Waals surface area contributed by atoms with E-state index in [1.807, 2.05) is 4.72 Å². The number of allylic oxidation sites excluding steroid dienone is 1. The second-order valence-electron chi connectivity index (χ2n) is 6.75. The zero-order valence-corrected chi connectivity index (χ0v) is 20.2. The summed E-state index contributed by atoms with van der Waals surface area (Å²) in [4.78, 5) is 9.73. The molecule has 1 aliphatic rings. The van der Waals surface area contributed by atoms with Gasteiger partial charge in [0.15, 0.2) is 6.10 Å². The first-order valence-corrected chi connectivity index (χ1v) is 12.0. The number of nitrogens with zero attached hydrogens (tertiary/aromatic N) is 1. The standard InChI is InChI=1S/C19H11Cl4F3N2O5S/c20-12-3-1-9(19(24,25)26)5-16(12)27-34(31,32)11-7-14(22)18(15(23)8-11)33-17-4-2-10(28(29)30)6-13(17)21/h1-8,14,18,27H. The van der Waals surface area contributed by atoms with Crippen molar-refractivity contribution in [2.75, 3.05) is 4.72 Å². The molecule has 15 heteroatoms. The van der Waals surface area contributed by atoms with E-state index in [0.717, 1.165) is 30.4 Å². The topological polar surface area (TPSA) is 98.5 Å². The summed E-state index contributed by atoms with van der Waals surface area (Å²) in [6, 6.07) is 5.57. The molecule has 182 valence electrons. The van der Waals surface area contributed by atoms with Gasteiger partial charge < -0.3 is 4.74 Å². The van der Waals surface area contributed by atoms with Crippen molar-refractivity contribution >= 4 is 67.8 Å². The molecule has 0 fully saturated rings. The molecule has 0 amide bonds. The highest BCUT2D eigenvalue weighted by atomic mass is 35.5. The third-order valence-corrected chi connectivity index (χ3v) is 7.06. The number of ether oxygens (including phenoxy) is 1. The molecule has 3 rings (SSSR count). The number of sulfonamides is 1. The molecule has 0 saturated carbocycles. The summed E-state index contributed by atoms with van der Waals surface area (Å²) in [6.07, 6.45) is -3.78. The number of rotatable bonds is 6. The second kappa shape index (κ2) is 9.82. The summed E-state index contributed by atoms with van der Waals surface area (Å²) in [7, 11) is -4.45. The Hall–Kier alpha value is -2.18. The van der Waals surface area contributed by atoms with Gasteiger partial charge >= 0.3 is 6.18 Å². The Bertz CT molecular complexity index is 1320. The van der Waals surface area contributed by atoms with Gasteiger partial charge in [0.2, 0.25) is 0 Å². The SMILES string of the molecule is O=[N+]([O-])c1ccc(OC2C(Cl)=CC(S(=O)(=O)Nc3cc(C(F)(F)F)ccc3Cl)=CC2Cl)c(Cl)c1. The third-order valence-electron chi connectivity index (χ3n) is 4.39. The van der Waals surface area contributed by atoms with Crippen LogP contribution in [0.4, 0.5) is 24.5 Å². The number of hydrogen-bond donors (Lipinski definition) is 1. The molecule has 1 aliphatic carbocycles. The molecule has 2 aromatic carbocycles. The zero-order chi connectivity index (χ0) is 25.4. The van der Waals surface area contributed by atoms with E-state index in [1.165, 1.54) is 6.07 Å². The lowest BCUT2D eigenvalue weighted by atomic mass is 10.1. The van der Waals surface area contributed by atoms with E-state index in [4.69, 9.17) is 51.1 Å². The largest absolute Gasteiger partial charge is 0.481 e. The number of non-ortho nitro benzene ring substituents is 1. The van der Waals surface area contributed by atoms with Gasteiger partial charge in [-0.1, -0.05) is 34.8 Å². The number of benzene rings is 2. The molecular weight excluding hydrogens is 567 g/mol. The Morgan fingerprint density at radius 3 is 2.29 bits per heavy atom. The van der Waals surface area contributed by atoms with Crippen molar-refractivity contribution in [2.45, 2.75) is 17.7 Å². The van der Waals surface area contributed by atoms with Crippen molar-refractivity contribution in [3.63, 3.8) is 0 Å². The Labute approximate surface area is 210 Å². The lowest BCUT2D eigenvalue weighted by molar-refractivity contribution is -0.384. The average molecular weight is 578 g/mol. The van der Waals surface area contributed by atoms with Crippen LogP contribution in [0.15, 0.2) is 58.5 Å². The highest BCUT2D eigenvalue weighted by Gasteiger charge is 2.34. The molecular formula is C19H11Cl4F3N2O5S. The van der Waals surface area contributed by atoms with Crippen molar-refractivity contribution in [3.8, 4) is 5.75 Å². The molecule has 0 aliphatic heterocycles. The van der Waals surface area contributed by atoms with Crippen LogP contribution >= 0.6 is 46.4 Å². The minimum atomic E-state index is -4.72. The Morgan fingerprint density at radius 2 is 1.74 bits per heavy atom. The Morgan fingerprint density at radius 1 is 1.06 bits per heavy atom. The first-order chi connectivity index (χ1) is 15.7. The number of halogens is 7. The molecule has 7 nitrogen and oxygen atoms in total. The van der Waals surface area contributed by atoms with Crippen LogP contribution in [-0.2, 0) is 16.2 Å². The molecule has 2 unspecified atom stereocenters. The van der Waals surface area contributed by atoms with E-state index in [9.17, 15) is 31.7 Å². The molecule has 34 heavy (non-hydrogen) atoms.